The molecule has 0 aromatic rings. The minimum atomic E-state index is -0.0553. The fourth-order valence-corrected chi connectivity index (χ4v) is 3.83. The summed E-state index contributed by atoms with van der Waals surface area (Å²) in [4.78, 5) is 11.2. The number of carbonyl (C=O) groups is 1. The lowest BCUT2D eigenvalue weighted by Crippen LogP contribution is -2.39. The van der Waals surface area contributed by atoms with Gasteiger partial charge in [0.1, 0.15) is 0 Å². The maximum Gasteiger partial charge on any atom is 0.305 e. The van der Waals surface area contributed by atoms with E-state index in [-0.39, 0.29) is 5.97 Å². The van der Waals surface area contributed by atoms with Gasteiger partial charge in [0.25, 0.3) is 0 Å². The highest BCUT2D eigenvalue weighted by Gasteiger charge is 2.31. The van der Waals surface area contributed by atoms with Gasteiger partial charge in [0.15, 0.2) is 0 Å². The zero-order valence-corrected chi connectivity index (χ0v) is 12.3. The Morgan fingerprint density at radius 2 is 1.95 bits per heavy atom. The summed E-state index contributed by atoms with van der Waals surface area (Å²) in [6, 6.07) is 0.696. The summed E-state index contributed by atoms with van der Waals surface area (Å²) in [6.07, 6.45) is 11.4. The van der Waals surface area contributed by atoms with Gasteiger partial charge in [-0.2, -0.15) is 0 Å². The molecule has 0 radical (unpaired) electrons. The van der Waals surface area contributed by atoms with E-state index in [9.17, 15) is 4.79 Å². The van der Waals surface area contributed by atoms with Crippen LogP contribution in [0.5, 0.6) is 0 Å². The van der Waals surface area contributed by atoms with Crippen LogP contribution in [0.4, 0.5) is 0 Å². The van der Waals surface area contributed by atoms with E-state index < -0.39 is 0 Å². The highest BCUT2D eigenvalue weighted by Crippen LogP contribution is 2.40. The molecule has 0 aromatic carbocycles. The lowest BCUT2D eigenvalue weighted by atomic mass is 9.69. The molecule has 19 heavy (non-hydrogen) atoms. The zero-order valence-electron chi connectivity index (χ0n) is 12.3. The van der Waals surface area contributed by atoms with Crippen LogP contribution in [-0.4, -0.2) is 25.2 Å². The van der Waals surface area contributed by atoms with Crippen molar-refractivity contribution in [3.8, 4) is 0 Å². The third-order valence-electron chi connectivity index (χ3n) is 4.84. The molecule has 0 aliphatic heterocycles. The average Bonchev–Trinajstić information content (AvgIpc) is 2.44. The van der Waals surface area contributed by atoms with Crippen LogP contribution < -0.4 is 5.32 Å². The van der Waals surface area contributed by atoms with Crippen molar-refractivity contribution in [1.82, 2.24) is 5.32 Å². The molecule has 2 rings (SSSR count). The molecule has 3 nitrogen and oxygen atoms in total. The third-order valence-corrected chi connectivity index (χ3v) is 4.84. The van der Waals surface area contributed by atoms with E-state index in [1.807, 2.05) is 6.92 Å². The van der Waals surface area contributed by atoms with E-state index in [1.165, 1.54) is 44.9 Å². The van der Waals surface area contributed by atoms with Gasteiger partial charge >= 0.3 is 5.97 Å². The van der Waals surface area contributed by atoms with Gasteiger partial charge in [0, 0.05) is 12.5 Å². The molecule has 2 saturated carbocycles. The molecule has 2 aliphatic carbocycles. The van der Waals surface area contributed by atoms with Crippen molar-refractivity contribution < 1.29 is 9.53 Å². The maximum atomic E-state index is 11.2. The fourth-order valence-electron chi connectivity index (χ4n) is 3.83. The number of carbonyl (C=O) groups excluding carboxylic acids is 1. The first kappa shape index (κ1) is 14.8. The Morgan fingerprint density at radius 3 is 2.74 bits per heavy atom. The third kappa shape index (κ3) is 4.79. The van der Waals surface area contributed by atoms with Gasteiger partial charge in [-0.15, -0.1) is 0 Å². The van der Waals surface area contributed by atoms with E-state index in [0.29, 0.717) is 19.1 Å². The summed E-state index contributed by atoms with van der Waals surface area (Å²) in [5, 5.41) is 3.64. The maximum absolute atomic E-state index is 11.2. The van der Waals surface area contributed by atoms with Crippen LogP contribution in [0.1, 0.15) is 64.7 Å². The van der Waals surface area contributed by atoms with Gasteiger partial charge in [-0.25, -0.2) is 0 Å². The van der Waals surface area contributed by atoms with Gasteiger partial charge in [-0.1, -0.05) is 25.7 Å². The largest absolute Gasteiger partial charge is 0.466 e. The minimum absolute atomic E-state index is 0.0553. The Morgan fingerprint density at radius 1 is 1.16 bits per heavy atom. The molecule has 3 unspecified atom stereocenters. The highest BCUT2D eigenvalue weighted by molar-refractivity contribution is 5.69. The van der Waals surface area contributed by atoms with Crippen LogP contribution in [0.25, 0.3) is 0 Å². The van der Waals surface area contributed by atoms with Gasteiger partial charge in [-0.3, -0.25) is 4.79 Å². The number of hydrogen-bond donors (Lipinski definition) is 1. The summed E-state index contributed by atoms with van der Waals surface area (Å²) in [6.45, 7) is 3.32. The molecule has 3 atom stereocenters. The monoisotopic (exact) mass is 267 g/mol. The van der Waals surface area contributed by atoms with Gasteiger partial charge in [0.05, 0.1) is 6.61 Å². The standard InChI is InChI=1S/C16H29NO2/c1-2-19-16(18)8-5-11-17-15-10-9-13-6-3-4-7-14(13)12-15/h13-15,17H,2-12H2,1H3. The highest BCUT2D eigenvalue weighted by atomic mass is 16.5. The summed E-state index contributed by atoms with van der Waals surface area (Å²) < 4.78 is 4.94. The van der Waals surface area contributed by atoms with Crippen LogP contribution in [-0.2, 0) is 9.53 Å². The second-order valence-electron chi connectivity index (χ2n) is 6.18. The molecule has 2 aliphatic rings. The fraction of sp³-hybridized carbons (Fsp3) is 0.938. The lowest BCUT2D eigenvalue weighted by molar-refractivity contribution is -0.143. The van der Waals surface area contributed by atoms with Crippen molar-refractivity contribution in [2.45, 2.75) is 70.8 Å². The molecule has 0 amide bonds. The molecule has 110 valence electrons. The van der Waals surface area contributed by atoms with Gasteiger partial charge in [0.2, 0.25) is 0 Å². The van der Waals surface area contributed by atoms with E-state index >= 15 is 0 Å². The average molecular weight is 267 g/mol. The first-order chi connectivity index (χ1) is 9.29. The Bertz CT molecular complexity index is 280. The van der Waals surface area contributed by atoms with Crippen LogP contribution >= 0.6 is 0 Å². The van der Waals surface area contributed by atoms with Crippen molar-refractivity contribution in [3.05, 3.63) is 0 Å². The predicted octanol–water partition coefficient (Wildman–Crippen LogP) is 3.28. The second-order valence-corrected chi connectivity index (χ2v) is 6.18. The van der Waals surface area contributed by atoms with Crippen LogP contribution in [0, 0.1) is 11.8 Å². The smallest absolute Gasteiger partial charge is 0.305 e. The van der Waals surface area contributed by atoms with Crippen molar-refractivity contribution >= 4 is 5.97 Å². The second kappa shape index (κ2) is 7.88. The number of rotatable bonds is 6. The topological polar surface area (TPSA) is 38.3 Å². The number of ether oxygens (including phenoxy) is 1. The molecule has 2 fully saturated rings. The summed E-state index contributed by atoms with van der Waals surface area (Å²) in [5.41, 5.74) is 0. The number of nitrogens with one attached hydrogen (secondary N) is 1. The van der Waals surface area contributed by atoms with E-state index in [4.69, 9.17) is 4.74 Å². The first-order valence-electron chi connectivity index (χ1n) is 8.18. The molecular weight excluding hydrogens is 238 g/mol. The predicted molar refractivity (Wildman–Crippen MR) is 77.0 cm³/mol. The minimum Gasteiger partial charge on any atom is -0.466 e. The Labute approximate surface area is 117 Å². The molecule has 0 bridgehead atoms. The quantitative estimate of drug-likeness (QED) is 0.593. The van der Waals surface area contributed by atoms with E-state index in [1.54, 1.807) is 0 Å². The Balaban J connectivity index is 1.58. The molecule has 0 aromatic heterocycles. The summed E-state index contributed by atoms with van der Waals surface area (Å²) >= 11 is 0. The van der Waals surface area contributed by atoms with Crippen LogP contribution in [0.3, 0.4) is 0 Å². The van der Waals surface area contributed by atoms with Crippen LogP contribution in [0.2, 0.25) is 0 Å². The summed E-state index contributed by atoms with van der Waals surface area (Å²) in [5.74, 6) is 1.94. The molecule has 0 heterocycles. The Kier molecular flexibility index (Phi) is 6.15. The molecule has 0 saturated heterocycles. The number of hydrogen-bond acceptors (Lipinski definition) is 3. The number of esters is 1. The van der Waals surface area contributed by atoms with Crippen molar-refractivity contribution in [2.24, 2.45) is 11.8 Å². The lowest BCUT2D eigenvalue weighted by Gasteiger charge is -2.39. The van der Waals surface area contributed by atoms with Crippen molar-refractivity contribution in [2.75, 3.05) is 13.2 Å². The van der Waals surface area contributed by atoms with E-state index in [2.05, 4.69) is 5.32 Å². The molecular formula is C16H29NO2. The van der Waals surface area contributed by atoms with Gasteiger partial charge in [-0.05, 0) is 51.0 Å². The van der Waals surface area contributed by atoms with E-state index in [0.717, 1.165) is 24.8 Å². The van der Waals surface area contributed by atoms with Crippen molar-refractivity contribution in [1.29, 1.82) is 0 Å². The van der Waals surface area contributed by atoms with Crippen LogP contribution in [0.15, 0.2) is 0 Å². The summed E-state index contributed by atoms with van der Waals surface area (Å²) in [7, 11) is 0. The SMILES string of the molecule is CCOC(=O)CCCNC1CCC2CCCCC2C1. The first-order valence-corrected chi connectivity index (χ1v) is 8.18. The molecule has 1 N–H and O–H groups in total. The number of fused-ring (bicyclic) bond motifs is 1. The normalized spacial score (nSPS) is 30.7. The molecule has 0 spiro atoms. The zero-order chi connectivity index (χ0) is 13.5. The molecule has 3 heteroatoms. The Hall–Kier alpha value is -0.570. The van der Waals surface area contributed by atoms with Crippen molar-refractivity contribution in [3.63, 3.8) is 0 Å². The van der Waals surface area contributed by atoms with Gasteiger partial charge < -0.3 is 10.1 Å².